The van der Waals surface area contributed by atoms with Crippen molar-refractivity contribution in [1.29, 1.82) is 0 Å². The standard InChI is InChI=1S/C15H20BrF3N2.ClH/c1-14(2)9-21(4-3-13(14)20)8-10-5-11(15(17,18)19)7-12(16)6-10;/h5-7,13H,3-4,8-9,20H2,1-2H3;1H. The molecule has 1 aliphatic rings. The fourth-order valence-electron chi connectivity index (χ4n) is 2.78. The second-order valence-corrected chi connectivity index (χ2v) is 7.36. The van der Waals surface area contributed by atoms with Gasteiger partial charge in [0.2, 0.25) is 0 Å². The summed E-state index contributed by atoms with van der Waals surface area (Å²) in [4.78, 5) is 2.17. The molecule has 0 amide bonds. The molecule has 2 rings (SSSR count). The minimum atomic E-state index is -4.32. The molecular formula is C15H21BrClF3N2. The lowest BCUT2D eigenvalue weighted by Gasteiger charge is -2.42. The van der Waals surface area contributed by atoms with Gasteiger partial charge < -0.3 is 5.73 Å². The Hall–Kier alpha value is -0.300. The Bertz CT molecular complexity index is 520. The van der Waals surface area contributed by atoms with E-state index in [0.717, 1.165) is 25.6 Å². The Morgan fingerprint density at radius 3 is 2.50 bits per heavy atom. The van der Waals surface area contributed by atoms with Gasteiger partial charge in [-0.1, -0.05) is 29.8 Å². The molecular weight excluding hydrogens is 381 g/mol. The van der Waals surface area contributed by atoms with E-state index in [-0.39, 0.29) is 23.9 Å². The molecule has 1 aromatic carbocycles. The van der Waals surface area contributed by atoms with Gasteiger partial charge in [-0.05, 0) is 35.6 Å². The smallest absolute Gasteiger partial charge is 0.327 e. The third-order valence-corrected chi connectivity index (χ3v) is 4.54. The third kappa shape index (κ3) is 4.85. The molecule has 22 heavy (non-hydrogen) atoms. The predicted octanol–water partition coefficient (Wildman–Crippen LogP) is 4.45. The summed E-state index contributed by atoms with van der Waals surface area (Å²) in [6.07, 6.45) is -3.45. The highest BCUT2D eigenvalue weighted by molar-refractivity contribution is 9.10. The van der Waals surface area contributed by atoms with E-state index in [1.165, 1.54) is 6.07 Å². The average Bonchev–Trinajstić information content (AvgIpc) is 2.32. The van der Waals surface area contributed by atoms with Crippen molar-refractivity contribution in [2.45, 2.75) is 39.0 Å². The Morgan fingerprint density at radius 2 is 1.95 bits per heavy atom. The van der Waals surface area contributed by atoms with Crippen LogP contribution in [0.15, 0.2) is 22.7 Å². The van der Waals surface area contributed by atoms with Crippen LogP contribution in [0.1, 0.15) is 31.4 Å². The minimum Gasteiger partial charge on any atom is -0.327 e. The number of halogens is 5. The van der Waals surface area contributed by atoms with Gasteiger partial charge in [0.25, 0.3) is 0 Å². The first kappa shape index (κ1) is 19.7. The van der Waals surface area contributed by atoms with E-state index in [0.29, 0.717) is 16.6 Å². The van der Waals surface area contributed by atoms with Crippen LogP contribution < -0.4 is 5.73 Å². The zero-order valence-corrected chi connectivity index (χ0v) is 15.0. The van der Waals surface area contributed by atoms with E-state index in [9.17, 15) is 13.2 Å². The van der Waals surface area contributed by atoms with Crippen LogP contribution in [-0.4, -0.2) is 24.0 Å². The Balaban J connectivity index is 0.00000242. The monoisotopic (exact) mass is 400 g/mol. The van der Waals surface area contributed by atoms with Gasteiger partial charge in [-0.15, -0.1) is 12.4 Å². The lowest BCUT2D eigenvalue weighted by molar-refractivity contribution is -0.137. The van der Waals surface area contributed by atoms with Gasteiger partial charge in [0.05, 0.1) is 5.56 Å². The lowest BCUT2D eigenvalue weighted by atomic mass is 9.79. The van der Waals surface area contributed by atoms with Crippen molar-refractivity contribution in [2.75, 3.05) is 13.1 Å². The number of nitrogens with zero attached hydrogens (tertiary/aromatic N) is 1. The van der Waals surface area contributed by atoms with Gasteiger partial charge in [-0.2, -0.15) is 13.2 Å². The number of alkyl halides is 3. The molecule has 0 spiro atoms. The van der Waals surface area contributed by atoms with E-state index in [2.05, 4.69) is 34.7 Å². The Morgan fingerprint density at radius 1 is 1.32 bits per heavy atom. The lowest BCUT2D eigenvalue weighted by Crippen LogP contribution is -2.52. The SMILES string of the molecule is CC1(C)CN(Cc2cc(Br)cc(C(F)(F)F)c2)CCC1N.Cl. The molecule has 0 radical (unpaired) electrons. The third-order valence-electron chi connectivity index (χ3n) is 4.08. The molecule has 0 aromatic heterocycles. The molecule has 2 N–H and O–H groups in total. The molecule has 1 fully saturated rings. The van der Waals surface area contributed by atoms with E-state index < -0.39 is 11.7 Å². The quantitative estimate of drug-likeness (QED) is 0.793. The Kier molecular flexibility index (Phi) is 6.35. The van der Waals surface area contributed by atoms with Crippen molar-refractivity contribution < 1.29 is 13.2 Å². The average molecular weight is 402 g/mol. The van der Waals surface area contributed by atoms with Crippen LogP contribution >= 0.6 is 28.3 Å². The number of likely N-dealkylation sites (tertiary alicyclic amines) is 1. The largest absolute Gasteiger partial charge is 0.416 e. The summed E-state index contributed by atoms with van der Waals surface area (Å²) >= 11 is 3.16. The second-order valence-electron chi connectivity index (χ2n) is 6.44. The molecule has 0 saturated carbocycles. The van der Waals surface area contributed by atoms with E-state index >= 15 is 0 Å². The van der Waals surface area contributed by atoms with Gasteiger partial charge >= 0.3 is 6.18 Å². The van der Waals surface area contributed by atoms with E-state index in [1.807, 2.05) is 0 Å². The summed E-state index contributed by atoms with van der Waals surface area (Å²) in [6.45, 7) is 6.33. The maximum absolute atomic E-state index is 12.8. The normalized spacial score (nSPS) is 22.2. The first-order valence-corrected chi connectivity index (χ1v) is 7.72. The second kappa shape index (κ2) is 7.07. The topological polar surface area (TPSA) is 29.3 Å². The molecule has 1 aliphatic heterocycles. The van der Waals surface area contributed by atoms with Gasteiger partial charge in [-0.25, -0.2) is 0 Å². The van der Waals surface area contributed by atoms with Crippen LogP contribution in [0.2, 0.25) is 0 Å². The predicted molar refractivity (Wildman–Crippen MR) is 88.0 cm³/mol. The molecule has 0 bridgehead atoms. The highest BCUT2D eigenvalue weighted by Crippen LogP contribution is 2.33. The number of rotatable bonds is 2. The zero-order chi connectivity index (χ0) is 15.8. The molecule has 126 valence electrons. The molecule has 2 nitrogen and oxygen atoms in total. The van der Waals surface area contributed by atoms with Crippen LogP contribution in [-0.2, 0) is 12.7 Å². The van der Waals surface area contributed by atoms with Crippen LogP contribution in [0, 0.1) is 5.41 Å². The first-order valence-electron chi connectivity index (χ1n) is 6.92. The van der Waals surface area contributed by atoms with Gasteiger partial charge in [0.15, 0.2) is 0 Å². The summed E-state index contributed by atoms with van der Waals surface area (Å²) in [5.74, 6) is 0. The molecule has 1 heterocycles. The van der Waals surface area contributed by atoms with Crippen molar-refractivity contribution >= 4 is 28.3 Å². The highest BCUT2D eigenvalue weighted by Gasteiger charge is 2.34. The van der Waals surface area contributed by atoms with Gasteiger partial charge in [0.1, 0.15) is 0 Å². The van der Waals surface area contributed by atoms with Crippen LogP contribution in [0.25, 0.3) is 0 Å². The fraction of sp³-hybridized carbons (Fsp3) is 0.600. The van der Waals surface area contributed by atoms with Gasteiger partial charge in [-0.3, -0.25) is 4.90 Å². The summed E-state index contributed by atoms with van der Waals surface area (Å²) in [5.41, 5.74) is 6.13. The molecule has 1 atom stereocenters. The summed E-state index contributed by atoms with van der Waals surface area (Å²) in [6, 6.07) is 4.23. The number of hydrogen-bond donors (Lipinski definition) is 1. The van der Waals surface area contributed by atoms with Crippen LogP contribution in [0.5, 0.6) is 0 Å². The summed E-state index contributed by atoms with van der Waals surface area (Å²) in [7, 11) is 0. The summed E-state index contributed by atoms with van der Waals surface area (Å²) < 4.78 is 39.0. The molecule has 1 unspecified atom stereocenters. The Labute approximate surface area is 143 Å². The number of nitrogens with two attached hydrogens (primary N) is 1. The maximum atomic E-state index is 12.8. The number of piperidine rings is 1. The molecule has 1 aromatic rings. The van der Waals surface area contributed by atoms with E-state index in [4.69, 9.17) is 5.73 Å². The van der Waals surface area contributed by atoms with Crippen molar-refractivity contribution in [3.05, 3.63) is 33.8 Å². The zero-order valence-electron chi connectivity index (χ0n) is 12.6. The van der Waals surface area contributed by atoms with Crippen molar-refractivity contribution in [2.24, 2.45) is 11.1 Å². The van der Waals surface area contributed by atoms with Crippen LogP contribution in [0.4, 0.5) is 13.2 Å². The van der Waals surface area contributed by atoms with E-state index in [1.54, 1.807) is 6.07 Å². The highest BCUT2D eigenvalue weighted by atomic mass is 79.9. The molecule has 1 saturated heterocycles. The number of benzene rings is 1. The number of hydrogen-bond acceptors (Lipinski definition) is 2. The van der Waals surface area contributed by atoms with Crippen molar-refractivity contribution in [3.8, 4) is 0 Å². The maximum Gasteiger partial charge on any atom is 0.416 e. The summed E-state index contributed by atoms with van der Waals surface area (Å²) in [5, 5.41) is 0. The fourth-order valence-corrected chi connectivity index (χ4v) is 3.32. The minimum absolute atomic E-state index is 0. The molecule has 7 heteroatoms. The van der Waals surface area contributed by atoms with Crippen molar-refractivity contribution in [1.82, 2.24) is 4.90 Å². The van der Waals surface area contributed by atoms with Gasteiger partial charge in [0, 0.05) is 30.1 Å². The van der Waals surface area contributed by atoms with Crippen LogP contribution in [0.3, 0.4) is 0 Å². The first-order chi connectivity index (χ1) is 9.58. The molecule has 0 aliphatic carbocycles. The van der Waals surface area contributed by atoms with Crippen molar-refractivity contribution in [3.63, 3.8) is 0 Å².